The number of aromatic nitrogens is 2. The monoisotopic (exact) mass is 592 g/mol. The lowest BCUT2D eigenvalue weighted by molar-refractivity contribution is -0.384. The van der Waals surface area contributed by atoms with Crippen molar-refractivity contribution in [1.82, 2.24) is 10.2 Å². The number of aliphatic hydroxyl groups is 1. The Morgan fingerprint density at radius 1 is 1.10 bits per heavy atom. The molecule has 9 nitrogen and oxygen atoms in total. The number of benzene rings is 3. The second-order valence-corrected chi connectivity index (χ2v) is 11.7. The Morgan fingerprint density at radius 3 is 2.58 bits per heavy atom. The molecule has 0 aliphatic carbocycles. The molecule has 1 atom stereocenters. The summed E-state index contributed by atoms with van der Waals surface area (Å²) in [6.45, 7) is 3.62. The molecule has 1 fully saturated rings. The summed E-state index contributed by atoms with van der Waals surface area (Å²) in [5, 5.41) is 32.1. The number of ketones is 1. The number of nitrogens with zero attached hydrogens (tertiary/aromatic N) is 4. The first-order valence-corrected chi connectivity index (χ1v) is 14.2. The van der Waals surface area contributed by atoms with Crippen LogP contribution in [0.2, 0.25) is 5.02 Å². The SMILES string of the molecule is Cc1ccc(C)c(/C(O)=C2\C(=O)C(=O)N(c3nnc(SCc4ccc(Cl)cc4)s3)C2c2cccc([N+](=O)[O-])c2)c1. The van der Waals surface area contributed by atoms with E-state index in [9.17, 15) is 24.8 Å². The van der Waals surface area contributed by atoms with E-state index < -0.39 is 22.7 Å². The summed E-state index contributed by atoms with van der Waals surface area (Å²) >= 11 is 8.47. The molecule has 40 heavy (non-hydrogen) atoms. The van der Waals surface area contributed by atoms with Gasteiger partial charge in [-0.05, 0) is 48.7 Å². The molecule has 1 saturated heterocycles. The van der Waals surface area contributed by atoms with E-state index in [4.69, 9.17) is 11.6 Å². The summed E-state index contributed by atoms with van der Waals surface area (Å²) in [7, 11) is 0. The van der Waals surface area contributed by atoms with E-state index in [1.54, 1.807) is 37.3 Å². The number of aryl methyl sites for hydroxylation is 2. The van der Waals surface area contributed by atoms with Gasteiger partial charge in [-0.1, -0.05) is 76.7 Å². The minimum atomic E-state index is -1.15. The number of nitro groups is 1. The zero-order valence-electron chi connectivity index (χ0n) is 21.2. The molecule has 0 radical (unpaired) electrons. The van der Waals surface area contributed by atoms with Gasteiger partial charge in [0.1, 0.15) is 5.76 Å². The van der Waals surface area contributed by atoms with Crippen LogP contribution in [0.4, 0.5) is 10.8 Å². The molecule has 3 aromatic carbocycles. The zero-order chi connectivity index (χ0) is 28.6. The third-order valence-electron chi connectivity index (χ3n) is 6.37. The zero-order valence-corrected chi connectivity index (χ0v) is 23.6. The van der Waals surface area contributed by atoms with Crippen LogP contribution < -0.4 is 4.90 Å². The Hall–Kier alpha value is -4.06. The first kappa shape index (κ1) is 27.5. The molecule has 202 valence electrons. The number of halogens is 1. The van der Waals surface area contributed by atoms with Crippen LogP contribution in [0, 0.1) is 24.0 Å². The Balaban J connectivity index is 1.59. The number of carbonyl (C=O) groups is 2. The fourth-order valence-corrected chi connectivity index (χ4v) is 6.32. The molecule has 1 aliphatic heterocycles. The Labute approximate surface area is 242 Å². The number of rotatable bonds is 7. The van der Waals surface area contributed by atoms with E-state index in [0.717, 1.165) is 27.4 Å². The van der Waals surface area contributed by atoms with Gasteiger partial charge in [-0.15, -0.1) is 10.2 Å². The number of carbonyl (C=O) groups excluding carboxylic acids is 2. The van der Waals surface area contributed by atoms with E-state index in [2.05, 4.69) is 10.2 Å². The van der Waals surface area contributed by atoms with Gasteiger partial charge in [0, 0.05) is 28.5 Å². The lowest BCUT2D eigenvalue weighted by Gasteiger charge is -2.22. The first-order chi connectivity index (χ1) is 19.1. The van der Waals surface area contributed by atoms with Crippen LogP contribution in [0.3, 0.4) is 0 Å². The molecule has 5 rings (SSSR count). The van der Waals surface area contributed by atoms with Crippen LogP contribution in [0.15, 0.2) is 76.6 Å². The molecule has 1 N–H and O–H groups in total. The molecule has 0 bridgehead atoms. The van der Waals surface area contributed by atoms with Crippen molar-refractivity contribution in [3.05, 3.63) is 115 Å². The average molecular weight is 593 g/mol. The average Bonchev–Trinajstić information content (AvgIpc) is 3.51. The van der Waals surface area contributed by atoms with Crippen LogP contribution in [-0.4, -0.2) is 31.9 Å². The molecular weight excluding hydrogens is 572 g/mol. The highest BCUT2D eigenvalue weighted by molar-refractivity contribution is 8.00. The van der Waals surface area contributed by atoms with Crippen molar-refractivity contribution in [3.63, 3.8) is 0 Å². The largest absolute Gasteiger partial charge is 0.507 e. The molecule has 1 amide bonds. The van der Waals surface area contributed by atoms with Crippen LogP contribution >= 0.6 is 34.7 Å². The summed E-state index contributed by atoms with van der Waals surface area (Å²) in [4.78, 5) is 39.0. The lowest BCUT2D eigenvalue weighted by Crippen LogP contribution is -2.29. The van der Waals surface area contributed by atoms with Gasteiger partial charge in [0.05, 0.1) is 16.5 Å². The summed E-state index contributed by atoms with van der Waals surface area (Å²) in [5.74, 6) is -1.61. The van der Waals surface area contributed by atoms with Crippen molar-refractivity contribution in [2.24, 2.45) is 0 Å². The number of anilines is 1. The highest BCUT2D eigenvalue weighted by atomic mass is 35.5. The summed E-state index contributed by atoms with van der Waals surface area (Å²) < 4.78 is 0.555. The third kappa shape index (κ3) is 5.35. The summed E-state index contributed by atoms with van der Waals surface area (Å²) in [5.41, 5.74) is 2.84. The van der Waals surface area contributed by atoms with Gasteiger partial charge in [0.25, 0.3) is 11.5 Å². The molecule has 1 aliphatic rings. The number of hydrogen-bond donors (Lipinski definition) is 1. The Morgan fingerprint density at radius 2 is 1.85 bits per heavy atom. The fraction of sp³-hybridized carbons (Fsp3) is 0.143. The standard InChI is InChI=1S/C28H21ClN4O5S2/c1-15-6-7-16(2)21(12-15)24(34)22-23(18-4-3-5-20(13-18)33(37)38)32(26(36)25(22)35)27-30-31-28(40-27)39-14-17-8-10-19(29)11-9-17/h3-13,23,34H,14H2,1-2H3/b24-22+. The maximum Gasteiger partial charge on any atom is 0.301 e. The van der Waals surface area contributed by atoms with Gasteiger partial charge in [0.15, 0.2) is 4.34 Å². The topological polar surface area (TPSA) is 127 Å². The van der Waals surface area contributed by atoms with Gasteiger partial charge in [-0.25, -0.2) is 0 Å². The number of nitro benzene ring substituents is 1. The minimum absolute atomic E-state index is 0.136. The quantitative estimate of drug-likeness (QED) is 0.0481. The number of Topliss-reactive ketones (excluding diaryl/α,β-unsaturated/α-hetero) is 1. The predicted octanol–water partition coefficient (Wildman–Crippen LogP) is 6.64. The van der Waals surface area contributed by atoms with Gasteiger partial charge >= 0.3 is 5.91 Å². The van der Waals surface area contributed by atoms with E-state index >= 15 is 0 Å². The summed E-state index contributed by atoms with van der Waals surface area (Å²) in [6, 6.07) is 17.3. The molecule has 4 aromatic rings. The highest BCUT2D eigenvalue weighted by Crippen LogP contribution is 2.45. The van der Waals surface area contributed by atoms with Crippen LogP contribution in [-0.2, 0) is 15.3 Å². The van der Waals surface area contributed by atoms with Crippen molar-refractivity contribution in [2.45, 2.75) is 30.0 Å². The van der Waals surface area contributed by atoms with Crippen molar-refractivity contribution in [1.29, 1.82) is 0 Å². The van der Waals surface area contributed by atoms with Crippen LogP contribution in [0.25, 0.3) is 5.76 Å². The number of hydrogen-bond acceptors (Lipinski definition) is 9. The maximum absolute atomic E-state index is 13.4. The van der Waals surface area contributed by atoms with E-state index in [1.165, 1.54) is 30.0 Å². The van der Waals surface area contributed by atoms with E-state index in [0.29, 0.717) is 26.2 Å². The smallest absolute Gasteiger partial charge is 0.301 e. The molecule has 1 aromatic heterocycles. The van der Waals surface area contributed by atoms with Gasteiger partial charge in [-0.2, -0.15) is 0 Å². The molecule has 1 unspecified atom stereocenters. The second-order valence-electron chi connectivity index (χ2n) is 9.11. The van der Waals surface area contributed by atoms with Crippen molar-refractivity contribution < 1.29 is 19.6 Å². The van der Waals surface area contributed by atoms with Gasteiger partial charge in [0.2, 0.25) is 5.13 Å². The lowest BCUT2D eigenvalue weighted by atomic mass is 9.93. The predicted molar refractivity (Wildman–Crippen MR) is 155 cm³/mol. The number of thioether (sulfide) groups is 1. The van der Waals surface area contributed by atoms with Crippen LogP contribution in [0.5, 0.6) is 0 Å². The number of non-ortho nitro benzene ring substituents is 1. The third-order valence-corrected chi connectivity index (χ3v) is 8.75. The molecule has 2 heterocycles. The second kappa shape index (κ2) is 11.2. The minimum Gasteiger partial charge on any atom is -0.507 e. The van der Waals surface area contributed by atoms with Crippen LogP contribution in [0.1, 0.15) is 33.9 Å². The van der Waals surface area contributed by atoms with E-state index in [1.807, 2.05) is 25.1 Å². The van der Waals surface area contributed by atoms with E-state index in [-0.39, 0.29) is 27.7 Å². The normalized spacial score (nSPS) is 16.5. The first-order valence-electron chi connectivity index (χ1n) is 12.0. The van der Waals surface area contributed by atoms with Crippen molar-refractivity contribution >= 4 is 63.0 Å². The molecular formula is C28H21ClN4O5S2. The molecule has 12 heteroatoms. The molecule has 0 spiro atoms. The van der Waals surface area contributed by atoms with Gasteiger partial charge < -0.3 is 5.11 Å². The van der Waals surface area contributed by atoms with Crippen molar-refractivity contribution in [2.75, 3.05) is 4.90 Å². The maximum atomic E-state index is 13.4. The molecule has 0 saturated carbocycles. The Kier molecular flexibility index (Phi) is 7.70. The number of amides is 1. The highest BCUT2D eigenvalue weighted by Gasteiger charge is 2.48. The van der Waals surface area contributed by atoms with Crippen molar-refractivity contribution in [3.8, 4) is 0 Å². The number of aliphatic hydroxyl groups excluding tert-OH is 1. The summed E-state index contributed by atoms with van der Waals surface area (Å²) in [6.07, 6.45) is 0. The Bertz CT molecular complexity index is 1690. The van der Waals surface area contributed by atoms with Gasteiger partial charge in [-0.3, -0.25) is 24.6 Å². The fourth-order valence-electron chi connectivity index (χ4n) is 4.37.